The minimum Gasteiger partial charge on any atom is -0.364 e. The molecular weight excluding hydrogens is 610 g/mol. The fourth-order valence-electron chi connectivity index (χ4n) is 6.33. The molecule has 2 aliphatic rings. The van der Waals surface area contributed by atoms with Gasteiger partial charge in [0.2, 0.25) is 11.8 Å². The summed E-state index contributed by atoms with van der Waals surface area (Å²) in [5.41, 5.74) is 7.99. The van der Waals surface area contributed by atoms with Crippen LogP contribution in [-0.4, -0.2) is 76.1 Å². The van der Waals surface area contributed by atoms with Gasteiger partial charge in [-0.15, -0.1) is 10.2 Å². The predicted molar refractivity (Wildman–Crippen MR) is 166 cm³/mol. The number of carbonyl (C=O) groups excluding carboxylic acids is 3. The molecule has 2 aromatic carbocycles. The van der Waals surface area contributed by atoms with Gasteiger partial charge in [-0.2, -0.15) is 15.3 Å². The molecule has 1 fully saturated rings. The van der Waals surface area contributed by atoms with E-state index in [0.717, 1.165) is 47.5 Å². The number of likely N-dealkylation sites (tertiary alicyclic amines) is 1. The molecule has 0 bridgehead atoms. The van der Waals surface area contributed by atoms with E-state index in [-0.39, 0.29) is 36.5 Å². The van der Waals surface area contributed by atoms with Crippen LogP contribution < -0.4 is 11.1 Å². The van der Waals surface area contributed by atoms with Crippen molar-refractivity contribution < 1.29 is 23.2 Å². The molecule has 1 saturated heterocycles. The zero-order valence-electron chi connectivity index (χ0n) is 25.1. The van der Waals surface area contributed by atoms with Crippen LogP contribution in [-0.2, 0) is 29.1 Å². The van der Waals surface area contributed by atoms with Gasteiger partial charge < -0.3 is 20.5 Å². The fourth-order valence-corrected chi connectivity index (χ4v) is 6.33. The molecule has 3 amide bonds. The number of nitrogens with two attached hydrogens (primary N) is 1. The second-order valence-electron chi connectivity index (χ2n) is 11.7. The first-order valence-electron chi connectivity index (χ1n) is 15.3. The van der Waals surface area contributed by atoms with Gasteiger partial charge in [0.25, 0.3) is 5.91 Å². The number of anilines is 1. The molecular formula is C32H30F2N10O3. The molecule has 0 spiro atoms. The summed E-state index contributed by atoms with van der Waals surface area (Å²) in [7, 11) is 0. The molecule has 0 aliphatic carbocycles. The topological polar surface area (TPSA) is 167 Å². The van der Waals surface area contributed by atoms with Crippen LogP contribution in [0.5, 0.6) is 0 Å². The van der Waals surface area contributed by atoms with Gasteiger partial charge in [0.1, 0.15) is 30.4 Å². The summed E-state index contributed by atoms with van der Waals surface area (Å²) < 4.78 is 33.0. The average Bonchev–Trinajstić information content (AvgIpc) is 3.72. The summed E-state index contributed by atoms with van der Waals surface area (Å²) >= 11 is 0. The quantitative estimate of drug-likeness (QED) is 0.273. The second kappa shape index (κ2) is 12.3. The summed E-state index contributed by atoms with van der Waals surface area (Å²) in [5, 5.41) is 23.6. The lowest BCUT2D eigenvalue weighted by Crippen LogP contribution is -2.44. The van der Waals surface area contributed by atoms with Crippen LogP contribution in [0.2, 0.25) is 0 Å². The zero-order chi connectivity index (χ0) is 32.7. The number of nitrogens with zero attached hydrogens (tertiary/aromatic N) is 8. The van der Waals surface area contributed by atoms with E-state index in [0.29, 0.717) is 23.3 Å². The normalized spacial score (nSPS) is 17.8. The van der Waals surface area contributed by atoms with E-state index in [1.807, 2.05) is 4.57 Å². The number of primary amides is 1. The van der Waals surface area contributed by atoms with Crippen LogP contribution in [0.3, 0.4) is 0 Å². The minimum atomic E-state index is -1.43. The largest absolute Gasteiger partial charge is 0.364 e. The number of hydrogen-bond donors (Lipinski definition) is 2. The van der Waals surface area contributed by atoms with Gasteiger partial charge in [-0.1, -0.05) is 12.5 Å². The third kappa shape index (κ3) is 5.79. The molecule has 5 aromatic rings. The summed E-state index contributed by atoms with van der Waals surface area (Å²) in [6.07, 6.45) is 5.17. The Morgan fingerprint density at radius 2 is 1.87 bits per heavy atom. The van der Waals surface area contributed by atoms with Crippen LogP contribution in [0.1, 0.15) is 42.0 Å². The maximum absolute atomic E-state index is 15.0. The summed E-state index contributed by atoms with van der Waals surface area (Å²) in [6.45, 7) is 0.00818. The molecule has 3 aromatic heterocycles. The molecule has 13 nitrogen and oxygen atoms in total. The van der Waals surface area contributed by atoms with E-state index in [9.17, 15) is 18.8 Å². The van der Waals surface area contributed by atoms with Crippen molar-refractivity contribution in [3.63, 3.8) is 0 Å². The standard InChI is InChI=1S/C32H30F2N10O3/c33-20-13-26(32(47)38-21-6-7-24(34)22(14-21)31-40-39-27-4-2-1-3-11-42(27)31)43(16-20)28(45)17-44-25-8-5-18(19-9-10-36-37-15-19)12-23(25)29(41-44)30(35)46/h5-10,12,14-15,20,26H,1-4,11,13,16-17H2,(H2,35,46)(H,38,47)/t20-,26?/m1/s1. The van der Waals surface area contributed by atoms with Gasteiger partial charge >= 0.3 is 0 Å². The molecule has 47 heavy (non-hydrogen) atoms. The van der Waals surface area contributed by atoms with Crippen LogP contribution >= 0.6 is 0 Å². The van der Waals surface area contributed by atoms with Crippen LogP contribution in [0.25, 0.3) is 33.4 Å². The monoisotopic (exact) mass is 640 g/mol. The minimum absolute atomic E-state index is 0.0348. The number of aromatic nitrogens is 7. The van der Waals surface area contributed by atoms with Crippen LogP contribution in [0.4, 0.5) is 14.5 Å². The van der Waals surface area contributed by atoms with Crippen molar-refractivity contribution in [3.05, 3.63) is 72.2 Å². The number of amides is 3. The molecule has 2 atom stereocenters. The summed E-state index contributed by atoms with van der Waals surface area (Å²) in [5.74, 6) is -1.32. The molecule has 15 heteroatoms. The number of alkyl halides is 1. The predicted octanol–water partition coefficient (Wildman–Crippen LogP) is 3.29. The Kier molecular flexibility index (Phi) is 7.87. The summed E-state index contributed by atoms with van der Waals surface area (Å²) in [4.78, 5) is 40.5. The van der Waals surface area contributed by atoms with E-state index >= 15 is 4.39 Å². The highest BCUT2D eigenvalue weighted by molar-refractivity contribution is 6.05. The number of benzene rings is 2. The van der Waals surface area contributed by atoms with Crippen molar-refractivity contribution in [2.24, 2.45) is 5.73 Å². The van der Waals surface area contributed by atoms with Crippen molar-refractivity contribution in [3.8, 4) is 22.5 Å². The van der Waals surface area contributed by atoms with Crippen molar-refractivity contribution in [1.29, 1.82) is 0 Å². The third-order valence-electron chi connectivity index (χ3n) is 8.64. The number of hydrogen-bond acceptors (Lipinski definition) is 8. The summed E-state index contributed by atoms with van der Waals surface area (Å²) in [6, 6.07) is 9.94. The Hall–Kier alpha value is -5.60. The van der Waals surface area contributed by atoms with Crippen molar-refractivity contribution >= 4 is 34.3 Å². The van der Waals surface area contributed by atoms with E-state index in [2.05, 4.69) is 30.8 Å². The Morgan fingerprint density at radius 3 is 2.68 bits per heavy atom. The highest BCUT2D eigenvalue weighted by Crippen LogP contribution is 2.30. The van der Waals surface area contributed by atoms with E-state index < -0.39 is 35.8 Å². The second-order valence-corrected chi connectivity index (χ2v) is 11.7. The highest BCUT2D eigenvalue weighted by atomic mass is 19.1. The van der Waals surface area contributed by atoms with Gasteiger partial charge in [-0.05, 0) is 54.8 Å². The number of halogens is 2. The lowest BCUT2D eigenvalue weighted by molar-refractivity contribution is -0.137. The fraction of sp³-hybridized carbons (Fsp3) is 0.312. The molecule has 240 valence electrons. The van der Waals surface area contributed by atoms with E-state index in [1.165, 1.54) is 29.1 Å². The maximum atomic E-state index is 15.0. The Bertz CT molecular complexity index is 2010. The number of carbonyl (C=O) groups is 3. The van der Waals surface area contributed by atoms with Crippen LogP contribution in [0, 0.1) is 5.82 Å². The molecule has 2 aliphatic heterocycles. The third-order valence-corrected chi connectivity index (χ3v) is 8.64. The van der Waals surface area contributed by atoms with E-state index in [1.54, 1.807) is 30.5 Å². The first-order chi connectivity index (χ1) is 22.8. The van der Waals surface area contributed by atoms with Gasteiger partial charge in [-0.3, -0.25) is 19.1 Å². The number of aryl methyl sites for hydroxylation is 1. The van der Waals surface area contributed by atoms with Crippen LogP contribution in [0.15, 0.2) is 54.9 Å². The lowest BCUT2D eigenvalue weighted by atomic mass is 10.0. The Morgan fingerprint density at radius 1 is 1.00 bits per heavy atom. The molecule has 0 saturated carbocycles. The molecule has 0 radical (unpaired) electrons. The Labute approximate surface area is 266 Å². The first kappa shape index (κ1) is 30.1. The number of nitrogens with one attached hydrogen (secondary N) is 1. The van der Waals surface area contributed by atoms with Gasteiger partial charge in [0.15, 0.2) is 11.5 Å². The highest BCUT2D eigenvalue weighted by Gasteiger charge is 2.40. The average molecular weight is 641 g/mol. The SMILES string of the molecule is NC(=O)c1nn(CC(=O)N2C[C@H](F)CC2C(=O)Nc2ccc(F)c(-c3nnc4n3CCCCC4)c2)c2ccc(-c3ccnnc3)cc12. The van der Waals surface area contributed by atoms with Crippen molar-refractivity contribution in [2.45, 2.75) is 57.4 Å². The lowest BCUT2D eigenvalue weighted by Gasteiger charge is -2.24. The molecule has 7 rings (SSSR count). The van der Waals surface area contributed by atoms with Gasteiger partial charge in [0, 0.05) is 36.0 Å². The van der Waals surface area contributed by atoms with Crippen molar-refractivity contribution in [1.82, 2.24) is 39.6 Å². The van der Waals surface area contributed by atoms with E-state index in [4.69, 9.17) is 5.73 Å². The molecule has 5 heterocycles. The molecule has 1 unspecified atom stereocenters. The van der Waals surface area contributed by atoms with Gasteiger partial charge in [-0.25, -0.2) is 8.78 Å². The van der Waals surface area contributed by atoms with Crippen molar-refractivity contribution in [2.75, 3.05) is 11.9 Å². The zero-order valence-corrected chi connectivity index (χ0v) is 25.1. The van der Waals surface area contributed by atoms with Gasteiger partial charge in [0.05, 0.1) is 30.0 Å². The maximum Gasteiger partial charge on any atom is 0.269 e. The molecule has 3 N–H and O–H groups in total. The smallest absolute Gasteiger partial charge is 0.269 e. The first-order valence-corrected chi connectivity index (χ1v) is 15.3. The number of fused-ring (bicyclic) bond motifs is 2. The number of rotatable bonds is 7. The Balaban J connectivity index is 1.11.